The van der Waals surface area contributed by atoms with Gasteiger partial charge in [-0.05, 0) is 42.2 Å². The molecule has 0 fully saturated rings. The van der Waals surface area contributed by atoms with E-state index < -0.39 is 6.10 Å². The van der Waals surface area contributed by atoms with Gasteiger partial charge in [0.15, 0.2) is 5.96 Å². The van der Waals surface area contributed by atoms with Crippen molar-refractivity contribution in [1.82, 2.24) is 10.6 Å². The van der Waals surface area contributed by atoms with Crippen LogP contribution in [0.4, 0.5) is 0 Å². The Morgan fingerprint density at radius 2 is 1.73 bits per heavy atom. The van der Waals surface area contributed by atoms with Gasteiger partial charge in [-0.15, -0.1) is 0 Å². The molecular weight excluding hydrogens is 326 g/mol. The van der Waals surface area contributed by atoms with E-state index in [4.69, 9.17) is 4.74 Å². The Balaban J connectivity index is 1.98. The SMILES string of the molecule is CCNC(=NCc1ccccc1CC)NCC(O)c1ccc(OC)cc1. The maximum Gasteiger partial charge on any atom is 0.191 e. The number of benzene rings is 2. The highest BCUT2D eigenvalue weighted by Crippen LogP contribution is 2.17. The summed E-state index contributed by atoms with van der Waals surface area (Å²) in [5, 5.41) is 16.8. The Kier molecular flexibility index (Phi) is 7.96. The van der Waals surface area contributed by atoms with Crippen molar-refractivity contribution in [1.29, 1.82) is 0 Å². The van der Waals surface area contributed by atoms with Gasteiger partial charge < -0.3 is 20.5 Å². The molecule has 0 radical (unpaired) electrons. The average Bonchev–Trinajstić information content (AvgIpc) is 2.70. The summed E-state index contributed by atoms with van der Waals surface area (Å²) in [4.78, 5) is 4.65. The third-order valence-corrected chi connectivity index (χ3v) is 4.21. The Hall–Kier alpha value is -2.53. The highest BCUT2D eigenvalue weighted by Gasteiger charge is 2.09. The van der Waals surface area contributed by atoms with Crippen molar-refractivity contribution in [3.8, 4) is 5.75 Å². The molecule has 26 heavy (non-hydrogen) atoms. The van der Waals surface area contributed by atoms with E-state index in [1.54, 1.807) is 7.11 Å². The number of hydrogen-bond donors (Lipinski definition) is 3. The van der Waals surface area contributed by atoms with Crippen LogP contribution in [0, 0.1) is 0 Å². The molecule has 0 aromatic heterocycles. The van der Waals surface area contributed by atoms with Crippen LogP contribution in [0.25, 0.3) is 0 Å². The summed E-state index contributed by atoms with van der Waals surface area (Å²) in [6.45, 7) is 5.93. The zero-order chi connectivity index (χ0) is 18.8. The Morgan fingerprint density at radius 1 is 1.04 bits per heavy atom. The molecule has 0 aliphatic carbocycles. The van der Waals surface area contributed by atoms with E-state index in [2.05, 4.69) is 40.7 Å². The van der Waals surface area contributed by atoms with Gasteiger partial charge in [0.25, 0.3) is 0 Å². The number of aliphatic hydroxyl groups is 1. The predicted molar refractivity (Wildman–Crippen MR) is 107 cm³/mol. The van der Waals surface area contributed by atoms with Crippen molar-refractivity contribution in [2.45, 2.75) is 32.9 Å². The highest BCUT2D eigenvalue weighted by atomic mass is 16.5. The standard InChI is InChI=1S/C21H29N3O2/c1-4-16-8-6-7-9-18(16)14-23-21(22-5-2)24-15-20(25)17-10-12-19(26-3)13-11-17/h6-13,20,25H,4-5,14-15H2,1-3H3,(H2,22,23,24). The van der Waals surface area contributed by atoms with Gasteiger partial charge >= 0.3 is 0 Å². The molecule has 1 unspecified atom stereocenters. The van der Waals surface area contributed by atoms with Crippen LogP contribution in [-0.2, 0) is 13.0 Å². The van der Waals surface area contributed by atoms with Gasteiger partial charge in [-0.2, -0.15) is 0 Å². The van der Waals surface area contributed by atoms with E-state index >= 15 is 0 Å². The monoisotopic (exact) mass is 355 g/mol. The molecule has 0 heterocycles. The number of nitrogens with one attached hydrogen (secondary N) is 2. The second-order valence-corrected chi connectivity index (χ2v) is 5.99. The summed E-state index contributed by atoms with van der Waals surface area (Å²) >= 11 is 0. The van der Waals surface area contributed by atoms with E-state index in [1.165, 1.54) is 11.1 Å². The molecule has 3 N–H and O–H groups in total. The smallest absolute Gasteiger partial charge is 0.191 e. The second-order valence-electron chi connectivity index (χ2n) is 5.99. The summed E-state index contributed by atoms with van der Waals surface area (Å²) in [5.74, 6) is 1.48. The zero-order valence-electron chi connectivity index (χ0n) is 15.8. The van der Waals surface area contributed by atoms with Gasteiger partial charge in [-0.1, -0.05) is 43.3 Å². The van der Waals surface area contributed by atoms with Gasteiger partial charge in [0.2, 0.25) is 0 Å². The third kappa shape index (κ3) is 5.77. The van der Waals surface area contributed by atoms with Crippen molar-refractivity contribution in [2.75, 3.05) is 20.2 Å². The number of ether oxygens (including phenoxy) is 1. The van der Waals surface area contributed by atoms with E-state index in [9.17, 15) is 5.11 Å². The molecule has 0 saturated heterocycles. The molecule has 5 heteroatoms. The number of nitrogens with zero attached hydrogens (tertiary/aromatic N) is 1. The lowest BCUT2D eigenvalue weighted by atomic mass is 10.1. The molecular formula is C21H29N3O2. The molecule has 0 saturated carbocycles. The first-order valence-electron chi connectivity index (χ1n) is 9.08. The molecule has 140 valence electrons. The molecule has 1 atom stereocenters. The molecule has 2 aromatic rings. The lowest BCUT2D eigenvalue weighted by molar-refractivity contribution is 0.180. The van der Waals surface area contributed by atoms with Crippen LogP contribution in [-0.4, -0.2) is 31.3 Å². The average molecular weight is 355 g/mol. The summed E-state index contributed by atoms with van der Waals surface area (Å²) in [7, 11) is 1.63. The molecule has 2 rings (SSSR count). The largest absolute Gasteiger partial charge is 0.497 e. The van der Waals surface area contributed by atoms with Gasteiger partial charge in [0, 0.05) is 13.1 Å². The van der Waals surface area contributed by atoms with Crippen molar-refractivity contribution in [2.24, 2.45) is 4.99 Å². The quantitative estimate of drug-likeness (QED) is 0.503. The number of aliphatic imine (C=N–C) groups is 1. The minimum Gasteiger partial charge on any atom is -0.497 e. The van der Waals surface area contributed by atoms with Gasteiger partial charge in [0.1, 0.15) is 5.75 Å². The lowest BCUT2D eigenvalue weighted by Crippen LogP contribution is -2.39. The van der Waals surface area contributed by atoms with Gasteiger partial charge in [0.05, 0.1) is 19.8 Å². The number of aliphatic hydroxyl groups excluding tert-OH is 1. The Morgan fingerprint density at radius 3 is 2.35 bits per heavy atom. The first-order valence-corrected chi connectivity index (χ1v) is 9.08. The minimum absolute atomic E-state index is 0.383. The van der Waals surface area contributed by atoms with Crippen LogP contribution >= 0.6 is 0 Å². The summed E-state index contributed by atoms with van der Waals surface area (Å²) in [5.41, 5.74) is 3.37. The van der Waals surface area contributed by atoms with Crippen molar-refractivity contribution < 1.29 is 9.84 Å². The number of aryl methyl sites for hydroxylation is 1. The summed E-state index contributed by atoms with van der Waals surface area (Å²) in [6, 6.07) is 15.8. The van der Waals surface area contributed by atoms with E-state index in [1.807, 2.05) is 37.3 Å². The second kappa shape index (κ2) is 10.5. The highest BCUT2D eigenvalue weighted by molar-refractivity contribution is 5.79. The van der Waals surface area contributed by atoms with Crippen LogP contribution < -0.4 is 15.4 Å². The fourth-order valence-electron chi connectivity index (χ4n) is 2.70. The number of rotatable bonds is 8. The normalized spacial score (nSPS) is 12.5. The third-order valence-electron chi connectivity index (χ3n) is 4.21. The number of hydrogen-bond acceptors (Lipinski definition) is 3. The van der Waals surface area contributed by atoms with Crippen LogP contribution in [0.15, 0.2) is 53.5 Å². The zero-order valence-corrected chi connectivity index (χ0v) is 15.8. The molecule has 0 amide bonds. The first kappa shape index (κ1) is 19.8. The molecule has 0 aliphatic rings. The van der Waals surface area contributed by atoms with Gasteiger partial charge in [-0.25, -0.2) is 4.99 Å². The maximum atomic E-state index is 10.4. The minimum atomic E-state index is -0.618. The topological polar surface area (TPSA) is 65.9 Å². The molecule has 0 aliphatic heterocycles. The molecule has 0 spiro atoms. The van der Waals surface area contributed by atoms with Crippen LogP contribution in [0.1, 0.15) is 36.6 Å². The number of guanidine groups is 1. The fourth-order valence-corrected chi connectivity index (χ4v) is 2.70. The lowest BCUT2D eigenvalue weighted by Gasteiger charge is -2.16. The Labute approximate surface area is 156 Å². The van der Waals surface area contributed by atoms with Crippen molar-refractivity contribution in [3.63, 3.8) is 0 Å². The van der Waals surface area contributed by atoms with E-state index in [0.717, 1.165) is 24.3 Å². The maximum absolute atomic E-state index is 10.4. The molecule has 2 aromatic carbocycles. The summed E-state index contributed by atoms with van der Waals surface area (Å²) in [6.07, 6.45) is 0.374. The van der Waals surface area contributed by atoms with E-state index in [-0.39, 0.29) is 0 Å². The van der Waals surface area contributed by atoms with Crippen LogP contribution in [0.5, 0.6) is 5.75 Å². The summed E-state index contributed by atoms with van der Waals surface area (Å²) < 4.78 is 5.15. The fraction of sp³-hybridized carbons (Fsp3) is 0.381. The Bertz CT molecular complexity index is 699. The van der Waals surface area contributed by atoms with Crippen molar-refractivity contribution >= 4 is 5.96 Å². The van der Waals surface area contributed by atoms with Crippen LogP contribution in [0.3, 0.4) is 0 Å². The predicted octanol–water partition coefficient (Wildman–Crippen LogP) is 3.05. The first-order chi connectivity index (χ1) is 12.7. The van der Waals surface area contributed by atoms with Gasteiger partial charge in [-0.3, -0.25) is 0 Å². The molecule has 0 bridgehead atoms. The number of methoxy groups -OCH3 is 1. The van der Waals surface area contributed by atoms with Crippen molar-refractivity contribution in [3.05, 3.63) is 65.2 Å². The van der Waals surface area contributed by atoms with E-state index in [0.29, 0.717) is 19.0 Å². The molecule has 5 nitrogen and oxygen atoms in total. The van der Waals surface area contributed by atoms with Crippen LogP contribution in [0.2, 0.25) is 0 Å².